The topological polar surface area (TPSA) is 63.5 Å². The maximum atomic E-state index is 8.81. The first-order valence-corrected chi connectivity index (χ1v) is 6.83. The molecule has 0 unspecified atom stereocenters. The zero-order valence-electron chi connectivity index (χ0n) is 11.3. The molecule has 0 aliphatic heterocycles. The van der Waals surface area contributed by atoms with Crippen molar-refractivity contribution < 1.29 is 5.21 Å². The van der Waals surface area contributed by atoms with E-state index in [-0.39, 0.29) is 5.84 Å². The van der Waals surface area contributed by atoms with E-state index in [9.17, 15) is 0 Å². The summed E-state index contributed by atoms with van der Waals surface area (Å²) in [6, 6.07) is 7.92. The van der Waals surface area contributed by atoms with Crippen LogP contribution >= 0.6 is 0 Å². The fraction of sp³-hybridized carbons (Fsp3) is 0.400. The van der Waals surface area contributed by atoms with Crippen LogP contribution in [-0.2, 0) is 6.54 Å². The summed E-state index contributed by atoms with van der Waals surface area (Å²) in [6.45, 7) is 3.23. The molecule has 3 N–H and O–H groups in total. The van der Waals surface area contributed by atoms with Crippen molar-refractivity contribution in [3.05, 3.63) is 36.0 Å². The van der Waals surface area contributed by atoms with E-state index in [4.69, 9.17) is 10.9 Å². The van der Waals surface area contributed by atoms with Crippen molar-refractivity contribution in [2.24, 2.45) is 10.9 Å². The predicted octanol–water partition coefficient (Wildman–Crippen LogP) is 3.32. The number of nitrogens with two attached hydrogens (primary N) is 1. The average molecular weight is 259 g/mol. The molecule has 2 aromatic rings. The fourth-order valence-electron chi connectivity index (χ4n) is 2.40. The van der Waals surface area contributed by atoms with Crippen LogP contribution in [0.25, 0.3) is 10.9 Å². The monoisotopic (exact) mass is 259 g/mol. The standard InChI is InChI=1S/C15H21N3O/c1-2-3-4-5-10-18-11-9-12-13(15(16)17-19)7-6-8-14(12)18/h6-9,11,19H,2-5,10H2,1H3,(H2,16,17). The third-order valence-corrected chi connectivity index (χ3v) is 3.45. The van der Waals surface area contributed by atoms with Crippen LogP contribution < -0.4 is 5.73 Å². The van der Waals surface area contributed by atoms with Gasteiger partial charge in [0.2, 0.25) is 0 Å². The maximum absolute atomic E-state index is 8.81. The van der Waals surface area contributed by atoms with Crippen LogP contribution in [0.2, 0.25) is 0 Å². The molecule has 4 heteroatoms. The first kappa shape index (κ1) is 13.5. The molecule has 0 amide bonds. The van der Waals surface area contributed by atoms with Gasteiger partial charge in [0.25, 0.3) is 0 Å². The van der Waals surface area contributed by atoms with Crippen LogP contribution in [0, 0.1) is 0 Å². The molecule has 2 rings (SSSR count). The Labute approximate surface area is 113 Å². The van der Waals surface area contributed by atoms with Gasteiger partial charge in [-0.25, -0.2) is 0 Å². The predicted molar refractivity (Wildman–Crippen MR) is 78.6 cm³/mol. The summed E-state index contributed by atoms with van der Waals surface area (Å²) in [6.07, 6.45) is 7.06. The van der Waals surface area contributed by atoms with Gasteiger partial charge in [0, 0.05) is 29.2 Å². The summed E-state index contributed by atoms with van der Waals surface area (Å²) in [7, 11) is 0. The molecule has 0 saturated heterocycles. The summed E-state index contributed by atoms with van der Waals surface area (Å²) >= 11 is 0. The summed E-state index contributed by atoms with van der Waals surface area (Å²) in [5.74, 6) is 0.161. The highest BCUT2D eigenvalue weighted by Gasteiger charge is 2.08. The van der Waals surface area contributed by atoms with Crippen molar-refractivity contribution in [3.8, 4) is 0 Å². The zero-order chi connectivity index (χ0) is 13.7. The van der Waals surface area contributed by atoms with Gasteiger partial charge >= 0.3 is 0 Å². The van der Waals surface area contributed by atoms with Crippen LogP contribution in [0.1, 0.15) is 38.2 Å². The van der Waals surface area contributed by atoms with Crippen molar-refractivity contribution in [2.45, 2.75) is 39.2 Å². The number of aromatic nitrogens is 1. The van der Waals surface area contributed by atoms with Crippen molar-refractivity contribution in [3.63, 3.8) is 0 Å². The molecule has 0 aliphatic carbocycles. The molecular weight excluding hydrogens is 238 g/mol. The number of oxime groups is 1. The lowest BCUT2D eigenvalue weighted by Crippen LogP contribution is -2.13. The van der Waals surface area contributed by atoms with Gasteiger partial charge in [-0.1, -0.05) is 43.5 Å². The van der Waals surface area contributed by atoms with Gasteiger partial charge < -0.3 is 15.5 Å². The maximum Gasteiger partial charge on any atom is 0.170 e. The third kappa shape index (κ3) is 2.89. The lowest BCUT2D eigenvalue weighted by atomic mass is 10.1. The zero-order valence-corrected chi connectivity index (χ0v) is 11.3. The number of benzene rings is 1. The normalized spacial score (nSPS) is 12.2. The molecule has 0 radical (unpaired) electrons. The number of unbranched alkanes of at least 4 members (excludes halogenated alkanes) is 3. The second kappa shape index (κ2) is 6.27. The highest BCUT2D eigenvalue weighted by molar-refractivity contribution is 6.08. The Morgan fingerprint density at radius 1 is 1.26 bits per heavy atom. The van der Waals surface area contributed by atoms with E-state index in [0.717, 1.165) is 23.0 Å². The smallest absolute Gasteiger partial charge is 0.170 e. The number of aryl methyl sites for hydroxylation is 1. The minimum absolute atomic E-state index is 0.161. The van der Waals surface area contributed by atoms with E-state index in [0.29, 0.717) is 0 Å². The largest absolute Gasteiger partial charge is 0.409 e. The summed E-state index contributed by atoms with van der Waals surface area (Å²) in [4.78, 5) is 0. The Kier molecular flexibility index (Phi) is 4.44. The van der Waals surface area contributed by atoms with E-state index >= 15 is 0 Å². The van der Waals surface area contributed by atoms with Gasteiger partial charge in [-0.2, -0.15) is 0 Å². The van der Waals surface area contributed by atoms with Crippen molar-refractivity contribution in [1.29, 1.82) is 0 Å². The number of rotatable bonds is 6. The quantitative estimate of drug-likeness (QED) is 0.275. The highest BCUT2D eigenvalue weighted by Crippen LogP contribution is 2.21. The molecule has 1 heterocycles. The van der Waals surface area contributed by atoms with Crippen LogP contribution in [0.5, 0.6) is 0 Å². The Balaban J connectivity index is 2.23. The van der Waals surface area contributed by atoms with Gasteiger partial charge in [-0.15, -0.1) is 0 Å². The van der Waals surface area contributed by atoms with Gasteiger partial charge in [0.1, 0.15) is 0 Å². The number of hydrogen-bond donors (Lipinski definition) is 2. The fourth-order valence-corrected chi connectivity index (χ4v) is 2.40. The second-order valence-electron chi connectivity index (χ2n) is 4.79. The Morgan fingerprint density at radius 3 is 2.84 bits per heavy atom. The molecule has 0 fully saturated rings. The minimum Gasteiger partial charge on any atom is -0.409 e. The van der Waals surface area contributed by atoms with E-state index in [1.165, 1.54) is 25.7 Å². The molecule has 0 aliphatic rings. The molecule has 102 valence electrons. The van der Waals surface area contributed by atoms with E-state index in [1.807, 2.05) is 18.2 Å². The average Bonchev–Trinajstić information content (AvgIpc) is 2.86. The number of fused-ring (bicyclic) bond motifs is 1. The highest BCUT2D eigenvalue weighted by atomic mass is 16.4. The molecule has 0 spiro atoms. The second-order valence-corrected chi connectivity index (χ2v) is 4.79. The number of amidine groups is 1. The van der Waals surface area contributed by atoms with Gasteiger partial charge in [0.05, 0.1) is 0 Å². The van der Waals surface area contributed by atoms with Crippen molar-refractivity contribution >= 4 is 16.7 Å². The number of hydrogen-bond acceptors (Lipinski definition) is 2. The lowest BCUT2D eigenvalue weighted by Gasteiger charge is -2.06. The molecule has 0 saturated carbocycles. The van der Waals surface area contributed by atoms with Crippen LogP contribution in [0.3, 0.4) is 0 Å². The summed E-state index contributed by atoms with van der Waals surface area (Å²) in [5.41, 5.74) is 7.62. The number of nitrogens with zero attached hydrogens (tertiary/aromatic N) is 2. The third-order valence-electron chi connectivity index (χ3n) is 3.45. The summed E-state index contributed by atoms with van der Waals surface area (Å²) in [5, 5.41) is 12.9. The van der Waals surface area contributed by atoms with E-state index in [2.05, 4.69) is 28.9 Å². The van der Waals surface area contributed by atoms with Gasteiger partial charge in [-0.3, -0.25) is 0 Å². The first-order chi connectivity index (χ1) is 9.27. The molecule has 19 heavy (non-hydrogen) atoms. The molecule has 1 aromatic carbocycles. The molecule has 0 bridgehead atoms. The van der Waals surface area contributed by atoms with E-state index < -0.39 is 0 Å². The lowest BCUT2D eigenvalue weighted by molar-refractivity contribution is 0.318. The SMILES string of the molecule is CCCCCCn1ccc2c(/C(N)=N/O)cccc21. The van der Waals surface area contributed by atoms with Crippen LogP contribution in [0.15, 0.2) is 35.6 Å². The van der Waals surface area contributed by atoms with Crippen molar-refractivity contribution in [2.75, 3.05) is 0 Å². The van der Waals surface area contributed by atoms with Gasteiger partial charge in [-0.05, 0) is 18.6 Å². The molecular formula is C15H21N3O. The molecule has 1 aromatic heterocycles. The van der Waals surface area contributed by atoms with Gasteiger partial charge in [0.15, 0.2) is 5.84 Å². The first-order valence-electron chi connectivity index (χ1n) is 6.83. The van der Waals surface area contributed by atoms with Crippen LogP contribution in [-0.4, -0.2) is 15.6 Å². The van der Waals surface area contributed by atoms with Crippen molar-refractivity contribution in [1.82, 2.24) is 4.57 Å². The van der Waals surface area contributed by atoms with Crippen LogP contribution in [0.4, 0.5) is 0 Å². The Hall–Kier alpha value is -1.97. The molecule has 4 nitrogen and oxygen atoms in total. The van der Waals surface area contributed by atoms with E-state index in [1.54, 1.807) is 0 Å². The molecule has 0 atom stereocenters. The summed E-state index contributed by atoms with van der Waals surface area (Å²) < 4.78 is 2.24. The Bertz CT molecular complexity index is 572. The minimum atomic E-state index is 0.161. The Morgan fingerprint density at radius 2 is 2.11 bits per heavy atom.